The number of amides is 1. The molecule has 1 aromatic heterocycles. The van der Waals surface area contributed by atoms with Crippen LogP contribution in [0.3, 0.4) is 0 Å². The van der Waals surface area contributed by atoms with E-state index in [2.05, 4.69) is 20.9 Å². The molecular weight excluding hydrogens is 472 g/mol. The molecule has 0 aliphatic carbocycles. The first-order valence-electron chi connectivity index (χ1n) is 10.2. The van der Waals surface area contributed by atoms with Crippen molar-refractivity contribution in [1.82, 2.24) is 9.88 Å². The quantitative estimate of drug-likeness (QED) is 0.301. The monoisotopic (exact) mass is 492 g/mol. The first-order chi connectivity index (χ1) is 15.5. The first-order valence-corrected chi connectivity index (χ1v) is 10.9. The number of nitrogens with zero attached hydrogens (tertiary/aromatic N) is 2. The molecule has 1 aliphatic rings. The molecule has 1 atom stereocenters. The van der Waals surface area contributed by atoms with Crippen molar-refractivity contribution >= 4 is 33.4 Å². The Morgan fingerprint density at radius 3 is 2.44 bits per heavy atom. The number of pyridine rings is 1. The van der Waals surface area contributed by atoms with Crippen molar-refractivity contribution in [2.45, 2.75) is 19.5 Å². The Hall–Kier alpha value is -3.45. The van der Waals surface area contributed by atoms with Crippen LogP contribution in [0, 0.1) is 0 Å². The Labute approximate surface area is 194 Å². The van der Waals surface area contributed by atoms with Crippen LogP contribution in [-0.2, 0) is 16.1 Å². The molecule has 2 aromatic carbocycles. The number of ether oxygens (including phenoxy) is 1. The summed E-state index contributed by atoms with van der Waals surface area (Å²) >= 11 is 3.42. The van der Waals surface area contributed by atoms with Crippen LogP contribution in [0.2, 0.25) is 0 Å². The van der Waals surface area contributed by atoms with E-state index < -0.39 is 17.7 Å². The number of hydrogen-bond acceptors (Lipinski definition) is 5. The van der Waals surface area contributed by atoms with E-state index >= 15 is 0 Å². The van der Waals surface area contributed by atoms with E-state index in [0.717, 1.165) is 15.6 Å². The molecule has 0 bridgehead atoms. The number of carbonyl (C=O) groups excluding carboxylic acids is 2. The Morgan fingerprint density at radius 2 is 1.81 bits per heavy atom. The molecule has 2 heterocycles. The van der Waals surface area contributed by atoms with Gasteiger partial charge in [-0.25, -0.2) is 0 Å². The zero-order chi connectivity index (χ0) is 22.7. The lowest BCUT2D eigenvalue weighted by molar-refractivity contribution is -0.140. The van der Waals surface area contributed by atoms with E-state index in [4.69, 9.17) is 4.74 Å². The summed E-state index contributed by atoms with van der Waals surface area (Å²) in [5.41, 5.74) is 2.02. The van der Waals surface area contributed by atoms with Gasteiger partial charge >= 0.3 is 0 Å². The zero-order valence-corrected chi connectivity index (χ0v) is 19.0. The van der Waals surface area contributed by atoms with Crippen LogP contribution in [0.25, 0.3) is 5.76 Å². The Kier molecular flexibility index (Phi) is 6.37. The Bertz CT molecular complexity index is 1160. The highest BCUT2D eigenvalue weighted by molar-refractivity contribution is 9.10. The lowest BCUT2D eigenvalue weighted by atomic mass is 9.95. The van der Waals surface area contributed by atoms with Gasteiger partial charge in [0.05, 0.1) is 18.2 Å². The second-order valence-electron chi connectivity index (χ2n) is 7.30. The number of aliphatic hydroxyl groups is 1. The summed E-state index contributed by atoms with van der Waals surface area (Å²) in [7, 11) is 0. The second-order valence-corrected chi connectivity index (χ2v) is 8.21. The molecule has 4 rings (SSSR count). The molecule has 0 saturated carbocycles. The van der Waals surface area contributed by atoms with Crippen molar-refractivity contribution < 1.29 is 19.4 Å². The number of hydrogen-bond donors (Lipinski definition) is 1. The highest BCUT2D eigenvalue weighted by Crippen LogP contribution is 2.40. The van der Waals surface area contributed by atoms with Gasteiger partial charge in [0, 0.05) is 29.0 Å². The van der Waals surface area contributed by atoms with E-state index in [1.165, 1.54) is 4.90 Å². The largest absolute Gasteiger partial charge is 0.507 e. The first kappa shape index (κ1) is 21.8. The lowest BCUT2D eigenvalue weighted by Crippen LogP contribution is -2.29. The topological polar surface area (TPSA) is 79.7 Å². The van der Waals surface area contributed by atoms with Gasteiger partial charge in [-0.05, 0) is 60.5 Å². The molecule has 1 N–H and O–H groups in total. The fraction of sp³-hybridized carbons (Fsp3) is 0.160. The number of Topliss-reactive ketones (excluding diaryl/α,β-unsaturated/α-hetero) is 1. The molecule has 32 heavy (non-hydrogen) atoms. The van der Waals surface area contributed by atoms with Crippen molar-refractivity contribution in [1.29, 1.82) is 0 Å². The second kappa shape index (κ2) is 9.36. The summed E-state index contributed by atoms with van der Waals surface area (Å²) in [6.07, 6.45) is 3.31. The third-order valence-electron chi connectivity index (χ3n) is 5.24. The van der Waals surface area contributed by atoms with E-state index in [1.54, 1.807) is 42.7 Å². The highest BCUT2D eigenvalue weighted by Gasteiger charge is 2.46. The van der Waals surface area contributed by atoms with Crippen LogP contribution in [0.1, 0.15) is 29.7 Å². The predicted octanol–water partition coefficient (Wildman–Crippen LogP) is 4.86. The maximum Gasteiger partial charge on any atom is 0.295 e. The van der Waals surface area contributed by atoms with Crippen molar-refractivity contribution in [3.8, 4) is 5.75 Å². The summed E-state index contributed by atoms with van der Waals surface area (Å²) < 4.78 is 6.32. The van der Waals surface area contributed by atoms with Crippen LogP contribution >= 0.6 is 15.9 Å². The number of benzene rings is 2. The van der Waals surface area contributed by atoms with Crippen molar-refractivity contribution in [3.05, 3.63) is 99.8 Å². The predicted molar refractivity (Wildman–Crippen MR) is 124 cm³/mol. The SMILES string of the molecule is CCOc1ccc(/C(O)=C2/C(=O)C(=O)N(Cc3cccnc3)C2c2ccc(Br)cc2)cc1. The number of carbonyl (C=O) groups is 2. The average Bonchev–Trinajstić information content (AvgIpc) is 3.05. The Morgan fingerprint density at radius 1 is 1.09 bits per heavy atom. The highest BCUT2D eigenvalue weighted by atomic mass is 79.9. The smallest absolute Gasteiger partial charge is 0.295 e. The number of aliphatic hydroxyl groups excluding tert-OH is 1. The fourth-order valence-electron chi connectivity index (χ4n) is 3.75. The van der Waals surface area contributed by atoms with Crippen molar-refractivity contribution in [2.24, 2.45) is 0 Å². The third-order valence-corrected chi connectivity index (χ3v) is 5.77. The van der Waals surface area contributed by atoms with Gasteiger partial charge < -0.3 is 14.7 Å². The molecule has 7 heteroatoms. The van der Waals surface area contributed by atoms with Crippen LogP contribution in [0.5, 0.6) is 5.75 Å². The molecule has 1 unspecified atom stereocenters. The summed E-state index contributed by atoms with van der Waals surface area (Å²) in [6.45, 7) is 2.60. The summed E-state index contributed by atoms with van der Waals surface area (Å²) in [5.74, 6) is -0.930. The fourth-order valence-corrected chi connectivity index (χ4v) is 4.02. The lowest BCUT2D eigenvalue weighted by Gasteiger charge is -2.25. The molecule has 0 spiro atoms. The van der Waals surface area contributed by atoms with Gasteiger partial charge in [-0.1, -0.05) is 34.1 Å². The minimum absolute atomic E-state index is 0.0605. The maximum atomic E-state index is 13.1. The van der Waals surface area contributed by atoms with Crippen LogP contribution in [0.4, 0.5) is 0 Å². The van der Waals surface area contributed by atoms with E-state index in [0.29, 0.717) is 17.9 Å². The minimum Gasteiger partial charge on any atom is -0.507 e. The van der Waals surface area contributed by atoms with Gasteiger partial charge in [-0.2, -0.15) is 0 Å². The standard InChI is InChI=1S/C25H21BrN2O4/c1-2-32-20-11-7-18(8-12-20)23(29)21-22(17-5-9-19(26)10-6-17)28(25(31)24(21)30)15-16-4-3-13-27-14-16/h3-14,22,29H,2,15H2,1H3/b23-21-. The number of likely N-dealkylation sites (tertiary alicyclic amines) is 1. The minimum atomic E-state index is -0.727. The Balaban J connectivity index is 1.81. The van der Waals surface area contributed by atoms with Gasteiger partial charge in [0.1, 0.15) is 11.5 Å². The summed E-state index contributed by atoms with van der Waals surface area (Å²) in [5, 5.41) is 11.1. The van der Waals surface area contributed by atoms with Gasteiger partial charge in [0.25, 0.3) is 11.7 Å². The van der Waals surface area contributed by atoms with E-state index in [1.807, 2.05) is 37.3 Å². The van der Waals surface area contributed by atoms with Crippen molar-refractivity contribution in [3.63, 3.8) is 0 Å². The van der Waals surface area contributed by atoms with Gasteiger partial charge in [-0.15, -0.1) is 0 Å². The molecule has 6 nitrogen and oxygen atoms in total. The molecule has 0 radical (unpaired) electrons. The van der Waals surface area contributed by atoms with Crippen LogP contribution in [0.15, 0.2) is 83.1 Å². The average molecular weight is 493 g/mol. The molecule has 1 amide bonds. The third kappa shape index (κ3) is 4.29. The normalized spacial score (nSPS) is 17.6. The molecule has 1 aliphatic heterocycles. The summed E-state index contributed by atoms with van der Waals surface area (Å²) in [4.78, 5) is 31.7. The van der Waals surface area contributed by atoms with E-state index in [9.17, 15) is 14.7 Å². The molecular formula is C25H21BrN2O4. The molecule has 1 saturated heterocycles. The number of ketones is 1. The number of aromatic nitrogens is 1. The zero-order valence-electron chi connectivity index (χ0n) is 17.4. The van der Waals surface area contributed by atoms with Gasteiger partial charge in [0.2, 0.25) is 0 Å². The molecule has 162 valence electrons. The van der Waals surface area contributed by atoms with Gasteiger partial charge in [0.15, 0.2) is 0 Å². The molecule has 1 fully saturated rings. The molecule has 3 aromatic rings. The van der Waals surface area contributed by atoms with Crippen molar-refractivity contribution in [2.75, 3.05) is 6.61 Å². The number of halogens is 1. The van der Waals surface area contributed by atoms with Crippen LogP contribution in [-0.4, -0.2) is 33.3 Å². The number of rotatable bonds is 6. The summed E-state index contributed by atoms with van der Waals surface area (Å²) in [6, 6.07) is 17.0. The van der Waals surface area contributed by atoms with Gasteiger partial charge in [-0.3, -0.25) is 14.6 Å². The maximum absolute atomic E-state index is 13.1. The van der Waals surface area contributed by atoms with E-state index in [-0.39, 0.29) is 17.9 Å². The van der Waals surface area contributed by atoms with Crippen LogP contribution < -0.4 is 4.74 Å².